The highest BCUT2D eigenvalue weighted by Gasteiger charge is 1.95. The van der Waals surface area contributed by atoms with Gasteiger partial charge in [0, 0.05) is 0 Å². The highest BCUT2D eigenvalue weighted by Crippen LogP contribution is 2.13. The summed E-state index contributed by atoms with van der Waals surface area (Å²) in [5.74, 6) is 0. The SMILES string of the molecule is CCCCCCCCCCCCCCCCO[PH+]=O. The van der Waals surface area contributed by atoms with Crippen LogP contribution < -0.4 is 0 Å². The highest BCUT2D eigenvalue weighted by atomic mass is 31.1. The Morgan fingerprint density at radius 1 is 0.632 bits per heavy atom. The summed E-state index contributed by atoms with van der Waals surface area (Å²) in [5.41, 5.74) is 0. The molecule has 0 N–H and O–H groups in total. The molecule has 0 aromatic carbocycles. The first kappa shape index (κ1) is 19.1. The molecule has 19 heavy (non-hydrogen) atoms. The lowest BCUT2D eigenvalue weighted by Crippen LogP contribution is -1.86. The number of rotatable bonds is 16. The van der Waals surface area contributed by atoms with Crippen LogP contribution in [0.2, 0.25) is 0 Å². The molecule has 0 bridgehead atoms. The van der Waals surface area contributed by atoms with Gasteiger partial charge in [0.15, 0.2) is 0 Å². The molecule has 2 nitrogen and oxygen atoms in total. The van der Waals surface area contributed by atoms with Gasteiger partial charge in [-0.25, -0.2) is 0 Å². The second kappa shape index (κ2) is 18.1. The summed E-state index contributed by atoms with van der Waals surface area (Å²) in [6.07, 6.45) is 19.1. The van der Waals surface area contributed by atoms with Crippen molar-refractivity contribution in [1.29, 1.82) is 0 Å². The minimum absolute atomic E-state index is 0.581. The molecule has 0 aliphatic heterocycles. The van der Waals surface area contributed by atoms with Crippen molar-refractivity contribution < 1.29 is 9.09 Å². The maximum Gasteiger partial charge on any atom is 0.494 e. The van der Waals surface area contributed by atoms with Crippen molar-refractivity contribution in [1.82, 2.24) is 0 Å². The van der Waals surface area contributed by atoms with Gasteiger partial charge in [-0.1, -0.05) is 90.4 Å². The van der Waals surface area contributed by atoms with E-state index in [1.165, 1.54) is 83.5 Å². The second-order valence-corrected chi connectivity index (χ2v) is 5.98. The van der Waals surface area contributed by atoms with Crippen LogP contribution in [0.25, 0.3) is 0 Å². The molecule has 0 rings (SSSR count). The summed E-state index contributed by atoms with van der Waals surface area (Å²) in [4.78, 5) is 0. The van der Waals surface area contributed by atoms with E-state index in [0.29, 0.717) is 6.61 Å². The summed E-state index contributed by atoms with van der Waals surface area (Å²) in [7, 11) is -0.581. The maximum atomic E-state index is 10.1. The third-order valence-corrected chi connectivity index (χ3v) is 3.98. The average Bonchev–Trinajstić information content (AvgIpc) is 2.43. The predicted octanol–water partition coefficient (Wildman–Crippen LogP) is 6.42. The minimum atomic E-state index is -0.581. The predicted molar refractivity (Wildman–Crippen MR) is 85.3 cm³/mol. The lowest BCUT2D eigenvalue weighted by Gasteiger charge is -2.02. The van der Waals surface area contributed by atoms with Gasteiger partial charge in [-0.15, -0.1) is 4.52 Å². The van der Waals surface area contributed by atoms with Crippen molar-refractivity contribution >= 4 is 8.69 Å². The van der Waals surface area contributed by atoms with E-state index >= 15 is 0 Å². The first-order valence-electron chi connectivity index (χ1n) is 8.40. The molecular formula is C16H34O2P+. The van der Waals surface area contributed by atoms with E-state index in [-0.39, 0.29) is 0 Å². The quantitative estimate of drug-likeness (QED) is 0.242. The molecule has 0 aromatic rings. The molecule has 3 heteroatoms. The fourth-order valence-electron chi connectivity index (χ4n) is 2.41. The lowest BCUT2D eigenvalue weighted by atomic mass is 10.0. The van der Waals surface area contributed by atoms with Crippen LogP contribution in [-0.2, 0) is 9.09 Å². The Kier molecular flexibility index (Phi) is 18.1. The van der Waals surface area contributed by atoms with E-state index in [1.54, 1.807) is 0 Å². The normalized spacial score (nSPS) is 11.2. The third kappa shape index (κ3) is 18.1. The largest absolute Gasteiger partial charge is 0.494 e. The van der Waals surface area contributed by atoms with Gasteiger partial charge < -0.3 is 0 Å². The van der Waals surface area contributed by atoms with Gasteiger partial charge in [0.05, 0.1) is 0 Å². The summed E-state index contributed by atoms with van der Waals surface area (Å²) in [6.45, 7) is 2.94. The van der Waals surface area contributed by atoms with E-state index in [1.807, 2.05) is 0 Å². The molecule has 0 radical (unpaired) electrons. The van der Waals surface area contributed by atoms with Gasteiger partial charge in [-0.05, 0) is 11.0 Å². The zero-order valence-electron chi connectivity index (χ0n) is 12.9. The Hall–Kier alpha value is 0.0600. The van der Waals surface area contributed by atoms with Crippen molar-refractivity contribution in [2.24, 2.45) is 0 Å². The molecule has 114 valence electrons. The zero-order chi connectivity index (χ0) is 14.0. The van der Waals surface area contributed by atoms with Crippen LogP contribution in [0.5, 0.6) is 0 Å². The van der Waals surface area contributed by atoms with Crippen LogP contribution in [0.1, 0.15) is 96.8 Å². The van der Waals surface area contributed by atoms with Crippen molar-refractivity contribution in [3.63, 3.8) is 0 Å². The fraction of sp³-hybridized carbons (Fsp3) is 1.00. The van der Waals surface area contributed by atoms with Crippen molar-refractivity contribution in [3.05, 3.63) is 0 Å². The highest BCUT2D eigenvalue weighted by molar-refractivity contribution is 7.17. The summed E-state index contributed by atoms with van der Waals surface area (Å²) < 4.78 is 14.9. The third-order valence-electron chi connectivity index (χ3n) is 3.66. The molecular weight excluding hydrogens is 255 g/mol. The second-order valence-electron chi connectivity index (χ2n) is 5.53. The summed E-state index contributed by atoms with van der Waals surface area (Å²) >= 11 is 0. The van der Waals surface area contributed by atoms with E-state index in [4.69, 9.17) is 4.52 Å². The number of unbranched alkanes of at least 4 members (excludes halogenated alkanes) is 13. The van der Waals surface area contributed by atoms with Crippen molar-refractivity contribution in [2.45, 2.75) is 96.8 Å². The molecule has 1 atom stereocenters. The Morgan fingerprint density at radius 3 is 1.37 bits per heavy atom. The average molecular weight is 289 g/mol. The van der Waals surface area contributed by atoms with Gasteiger partial charge >= 0.3 is 8.69 Å². The molecule has 0 saturated carbocycles. The van der Waals surface area contributed by atoms with Gasteiger partial charge in [0.2, 0.25) is 0 Å². The van der Waals surface area contributed by atoms with Crippen LogP contribution in [0.3, 0.4) is 0 Å². The van der Waals surface area contributed by atoms with Gasteiger partial charge in [0.1, 0.15) is 6.61 Å². The van der Waals surface area contributed by atoms with Crippen LogP contribution in [0, 0.1) is 0 Å². The van der Waals surface area contributed by atoms with Crippen molar-refractivity contribution in [3.8, 4) is 0 Å². The minimum Gasteiger partial charge on any atom is -0.148 e. The van der Waals surface area contributed by atoms with Gasteiger partial charge in [0.25, 0.3) is 0 Å². The van der Waals surface area contributed by atoms with E-state index < -0.39 is 8.69 Å². The zero-order valence-corrected chi connectivity index (χ0v) is 13.9. The van der Waals surface area contributed by atoms with Gasteiger partial charge in [-0.3, -0.25) is 0 Å². The molecule has 0 fully saturated rings. The topological polar surface area (TPSA) is 26.3 Å². The lowest BCUT2D eigenvalue weighted by molar-refractivity contribution is 0.328. The van der Waals surface area contributed by atoms with E-state index in [9.17, 15) is 4.57 Å². The smallest absolute Gasteiger partial charge is 0.148 e. The molecule has 0 spiro atoms. The molecule has 0 aliphatic carbocycles. The van der Waals surface area contributed by atoms with Crippen molar-refractivity contribution in [2.75, 3.05) is 6.61 Å². The summed E-state index contributed by atoms with van der Waals surface area (Å²) in [6, 6.07) is 0. The fourth-order valence-corrected chi connectivity index (χ4v) is 2.64. The van der Waals surface area contributed by atoms with Crippen LogP contribution in [0.15, 0.2) is 0 Å². The van der Waals surface area contributed by atoms with E-state index in [0.717, 1.165) is 6.42 Å². The Morgan fingerprint density at radius 2 is 1.00 bits per heavy atom. The van der Waals surface area contributed by atoms with Crippen LogP contribution in [0.4, 0.5) is 0 Å². The standard InChI is InChI=1S/C16H34O2P/c1-2-3-4-5-6-7-8-9-10-11-12-13-14-15-16-18-19-17/h19H,2-16H2,1H3/q+1. The molecule has 1 unspecified atom stereocenters. The first-order chi connectivity index (χ1) is 9.41. The molecule has 0 heterocycles. The van der Waals surface area contributed by atoms with Crippen LogP contribution >= 0.6 is 8.69 Å². The van der Waals surface area contributed by atoms with Crippen LogP contribution in [-0.4, -0.2) is 6.61 Å². The molecule has 0 saturated heterocycles. The molecule has 0 aliphatic rings. The molecule has 0 aromatic heterocycles. The monoisotopic (exact) mass is 289 g/mol. The summed E-state index contributed by atoms with van der Waals surface area (Å²) in [5, 5.41) is 0. The Balaban J connectivity index is 2.89. The maximum absolute atomic E-state index is 10.1. The van der Waals surface area contributed by atoms with E-state index in [2.05, 4.69) is 6.92 Å². The number of hydrogen-bond donors (Lipinski definition) is 0. The number of hydrogen-bond acceptors (Lipinski definition) is 2. The first-order valence-corrected chi connectivity index (χ1v) is 9.22. The molecule has 0 amide bonds. The Bertz CT molecular complexity index is 174. The van der Waals surface area contributed by atoms with Gasteiger partial charge in [-0.2, -0.15) is 0 Å². The Labute approximate surface area is 122 Å².